The summed E-state index contributed by atoms with van der Waals surface area (Å²) in [5.74, 6) is -0.213. The van der Waals surface area contributed by atoms with Crippen LogP contribution in [0.3, 0.4) is 0 Å². The van der Waals surface area contributed by atoms with Crippen molar-refractivity contribution in [2.75, 3.05) is 11.9 Å². The van der Waals surface area contributed by atoms with Crippen LogP contribution in [0.2, 0.25) is 5.02 Å². The van der Waals surface area contributed by atoms with Gasteiger partial charge < -0.3 is 10.1 Å². The molecule has 8 heteroatoms. The lowest BCUT2D eigenvalue weighted by Gasteiger charge is -2.12. The molecule has 2 rings (SSSR count). The molecule has 150 valence electrons. The summed E-state index contributed by atoms with van der Waals surface area (Å²) >= 11 is 14.3. The highest BCUT2D eigenvalue weighted by atomic mass is 79.9. The molecule has 4 nitrogen and oxygen atoms in total. The molecule has 0 heterocycles. The van der Waals surface area contributed by atoms with Crippen LogP contribution in [0.15, 0.2) is 40.9 Å². The fourth-order valence-electron chi connectivity index (χ4n) is 2.38. The van der Waals surface area contributed by atoms with Gasteiger partial charge in [-0.25, -0.2) is 4.39 Å². The number of rotatable bonds is 8. The second kappa shape index (κ2) is 11.3. The van der Waals surface area contributed by atoms with Crippen LogP contribution in [0.1, 0.15) is 43.0 Å². The SMILES string of the molecule is CCCCCCOc1ccc(C(=O)NC(=S)Nc2ccc(F)c(Cl)c2)cc1Br. The second-order valence-electron chi connectivity index (χ2n) is 6.09. The molecule has 0 bridgehead atoms. The summed E-state index contributed by atoms with van der Waals surface area (Å²) < 4.78 is 19.6. The van der Waals surface area contributed by atoms with E-state index in [1.807, 2.05) is 0 Å². The molecule has 0 aliphatic rings. The molecule has 0 radical (unpaired) electrons. The molecular formula is C20H21BrClFN2O2S. The summed E-state index contributed by atoms with van der Waals surface area (Å²) in [4.78, 5) is 12.4. The highest BCUT2D eigenvalue weighted by Crippen LogP contribution is 2.26. The van der Waals surface area contributed by atoms with Gasteiger partial charge in [0.2, 0.25) is 0 Å². The van der Waals surface area contributed by atoms with Crippen molar-refractivity contribution >= 4 is 56.5 Å². The molecular weight excluding hydrogens is 467 g/mol. The standard InChI is InChI=1S/C20H21BrClFN2O2S/c1-2-3-4-5-10-27-18-9-6-13(11-15(18)21)19(26)25-20(28)24-14-7-8-17(23)16(22)12-14/h6-9,11-12H,2-5,10H2,1H3,(H2,24,25,26,28). The van der Waals surface area contributed by atoms with Gasteiger partial charge in [-0.15, -0.1) is 0 Å². The first kappa shape index (κ1) is 22.6. The highest BCUT2D eigenvalue weighted by Gasteiger charge is 2.11. The molecule has 1 amide bonds. The Labute approximate surface area is 182 Å². The monoisotopic (exact) mass is 486 g/mol. The Hall–Kier alpha value is -1.70. The first-order valence-electron chi connectivity index (χ1n) is 8.90. The Morgan fingerprint density at radius 3 is 2.68 bits per heavy atom. The van der Waals surface area contributed by atoms with Gasteiger partial charge in [0.05, 0.1) is 16.1 Å². The van der Waals surface area contributed by atoms with E-state index in [2.05, 4.69) is 33.5 Å². The predicted molar refractivity (Wildman–Crippen MR) is 119 cm³/mol. The number of carbonyl (C=O) groups is 1. The summed E-state index contributed by atoms with van der Waals surface area (Å²) in [5.41, 5.74) is 0.899. The second-order valence-corrected chi connectivity index (χ2v) is 7.76. The molecule has 0 saturated heterocycles. The Balaban J connectivity index is 1.89. The predicted octanol–water partition coefficient (Wildman–Crippen LogP) is 6.33. The first-order valence-corrected chi connectivity index (χ1v) is 10.5. The van der Waals surface area contributed by atoms with E-state index in [1.54, 1.807) is 18.2 Å². The van der Waals surface area contributed by atoms with Crippen LogP contribution in [0.4, 0.5) is 10.1 Å². The van der Waals surface area contributed by atoms with Gasteiger partial charge >= 0.3 is 0 Å². The van der Waals surface area contributed by atoms with Crippen molar-refractivity contribution in [2.24, 2.45) is 0 Å². The molecule has 2 N–H and O–H groups in total. The van der Waals surface area contributed by atoms with Crippen molar-refractivity contribution < 1.29 is 13.9 Å². The van der Waals surface area contributed by atoms with E-state index in [1.165, 1.54) is 31.0 Å². The van der Waals surface area contributed by atoms with Crippen molar-refractivity contribution in [3.05, 3.63) is 57.3 Å². The maximum absolute atomic E-state index is 13.2. The van der Waals surface area contributed by atoms with Crippen LogP contribution in [0.5, 0.6) is 5.75 Å². The molecule has 0 aliphatic heterocycles. The number of nitrogens with one attached hydrogen (secondary N) is 2. The molecule has 0 spiro atoms. The number of halogens is 3. The number of carbonyl (C=O) groups excluding carboxylic acids is 1. The van der Waals surface area contributed by atoms with E-state index in [0.29, 0.717) is 28.1 Å². The Bertz CT molecular complexity index is 851. The third-order valence-corrected chi connectivity index (χ3v) is 4.97. The van der Waals surface area contributed by atoms with Crippen LogP contribution in [0.25, 0.3) is 0 Å². The van der Waals surface area contributed by atoms with Crippen LogP contribution >= 0.6 is 39.7 Å². The van der Waals surface area contributed by atoms with Gasteiger partial charge in [-0.1, -0.05) is 37.8 Å². The molecule has 0 atom stereocenters. The van der Waals surface area contributed by atoms with E-state index >= 15 is 0 Å². The van der Waals surface area contributed by atoms with E-state index < -0.39 is 5.82 Å². The third-order valence-electron chi connectivity index (χ3n) is 3.85. The maximum atomic E-state index is 13.2. The summed E-state index contributed by atoms with van der Waals surface area (Å²) in [6.07, 6.45) is 4.51. The van der Waals surface area contributed by atoms with Crippen LogP contribution in [0, 0.1) is 5.82 Å². The molecule has 2 aromatic carbocycles. The van der Waals surface area contributed by atoms with E-state index in [9.17, 15) is 9.18 Å². The number of anilines is 1. The zero-order valence-corrected chi connectivity index (χ0v) is 18.5. The quantitative estimate of drug-likeness (QED) is 0.337. The van der Waals surface area contributed by atoms with Gasteiger partial charge in [0.15, 0.2) is 5.11 Å². The van der Waals surface area contributed by atoms with Crippen molar-refractivity contribution in [3.63, 3.8) is 0 Å². The first-order chi connectivity index (χ1) is 13.4. The summed E-state index contributed by atoms with van der Waals surface area (Å²) in [6.45, 7) is 2.80. The number of hydrogen-bond donors (Lipinski definition) is 2. The van der Waals surface area contributed by atoms with Gasteiger partial charge in [-0.2, -0.15) is 0 Å². The van der Waals surface area contributed by atoms with Crippen molar-refractivity contribution in [1.29, 1.82) is 0 Å². The lowest BCUT2D eigenvalue weighted by Crippen LogP contribution is -2.34. The number of thiocarbonyl (C=S) groups is 1. The van der Waals surface area contributed by atoms with Gasteiger partial charge in [0.25, 0.3) is 5.91 Å². The molecule has 0 aliphatic carbocycles. The minimum absolute atomic E-state index is 0.0339. The number of benzene rings is 2. The van der Waals surface area contributed by atoms with E-state index in [4.69, 9.17) is 28.6 Å². The van der Waals surface area contributed by atoms with Crippen LogP contribution in [-0.4, -0.2) is 17.6 Å². The average molecular weight is 488 g/mol. The average Bonchev–Trinajstić information content (AvgIpc) is 2.65. The zero-order chi connectivity index (χ0) is 20.5. The number of hydrogen-bond acceptors (Lipinski definition) is 3. The minimum Gasteiger partial charge on any atom is -0.492 e. The third kappa shape index (κ3) is 7.04. The van der Waals surface area contributed by atoms with Gasteiger partial charge in [0, 0.05) is 11.3 Å². The number of amides is 1. The fourth-order valence-corrected chi connectivity index (χ4v) is 3.27. The topological polar surface area (TPSA) is 50.4 Å². The van der Waals surface area contributed by atoms with Crippen molar-refractivity contribution in [2.45, 2.75) is 32.6 Å². The zero-order valence-electron chi connectivity index (χ0n) is 15.4. The largest absolute Gasteiger partial charge is 0.492 e. The molecule has 2 aromatic rings. The lowest BCUT2D eigenvalue weighted by atomic mass is 10.2. The lowest BCUT2D eigenvalue weighted by molar-refractivity contribution is 0.0977. The minimum atomic E-state index is -0.528. The number of unbranched alkanes of at least 4 members (excludes halogenated alkanes) is 3. The molecule has 0 saturated carbocycles. The van der Waals surface area contributed by atoms with Crippen LogP contribution < -0.4 is 15.4 Å². The highest BCUT2D eigenvalue weighted by molar-refractivity contribution is 9.10. The van der Waals surface area contributed by atoms with E-state index in [-0.39, 0.29) is 16.0 Å². The van der Waals surface area contributed by atoms with Crippen molar-refractivity contribution in [3.8, 4) is 5.75 Å². The van der Waals surface area contributed by atoms with Gasteiger partial charge in [-0.05, 0) is 71.0 Å². The Kier molecular flexibility index (Phi) is 9.15. The Morgan fingerprint density at radius 1 is 1.21 bits per heavy atom. The van der Waals surface area contributed by atoms with Gasteiger partial charge in [0.1, 0.15) is 11.6 Å². The molecule has 0 fully saturated rings. The normalized spacial score (nSPS) is 10.4. The summed E-state index contributed by atoms with van der Waals surface area (Å²) in [7, 11) is 0. The molecule has 28 heavy (non-hydrogen) atoms. The Morgan fingerprint density at radius 2 is 2.00 bits per heavy atom. The van der Waals surface area contributed by atoms with E-state index in [0.717, 1.165) is 12.8 Å². The fraction of sp³-hybridized carbons (Fsp3) is 0.300. The van der Waals surface area contributed by atoms with Crippen LogP contribution in [-0.2, 0) is 0 Å². The molecule has 0 unspecified atom stereocenters. The maximum Gasteiger partial charge on any atom is 0.257 e. The smallest absolute Gasteiger partial charge is 0.257 e. The molecule has 0 aromatic heterocycles. The van der Waals surface area contributed by atoms with Gasteiger partial charge in [-0.3, -0.25) is 10.1 Å². The van der Waals surface area contributed by atoms with Crippen molar-refractivity contribution in [1.82, 2.24) is 5.32 Å². The summed E-state index contributed by atoms with van der Waals surface area (Å²) in [6, 6.07) is 9.16. The number of ether oxygens (including phenoxy) is 1. The summed E-state index contributed by atoms with van der Waals surface area (Å²) in [5, 5.41) is 5.42.